The van der Waals surface area contributed by atoms with E-state index in [0.29, 0.717) is 12.4 Å². The van der Waals surface area contributed by atoms with E-state index < -0.39 is 12.0 Å². The smallest absolute Gasteiger partial charge is 0.384 e. The third kappa shape index (κ3) is 3.32. The zero-order valence-corrected chi connectivity index (χ0v) is 11.5. The molecule has 0 amide bonds. The summed E-state index contributed by atoms with van der Waals surface area (Å²) in [7, 11) is 0. The molecule has 20 heavy (non-hydrogen) atoms. The average Bonchev–Trinajstić information content (AvgIpc) is 2.61. The predicted molar refractivity (Wildman–Crippen MR) is 71.3 cm³/mol. The van der Waals surface area contributed by atoms with Gasteiger partial charge >= 0.3 is 6.18 Å². The Kier molecular flexibility index (Phi) is 4.35. The van der Waals surface area contributed by atoms with E-state index in [0.717, 1.165) is 32.1 Å². The highest BCUT2D eigenvalue weighted by atomic mass is 19.4. The summed E-state index contributed by atoms with van der Waals surface area (Å²) in [5.41, 5.74) is 5.51. The van der Waals surface area contributed by atoms with Crippen LogP contribution in [0.1, 0.15) is 44.9 Å². The van der Waals surface area contributed by atoms with Gasteiger partial charge in [0.05, 0.1) is 0 Å². The second-order valence-corrected chi connectivity index (χ2v) is 5.08. The zero-order valence-electron chi connectivity index (χ0n) is 11.5. The topological polar surface area (TPSA) is 55.0 Å². The van der Waals surface area contributed by atoms with Crippen molar-refractivity contribution in [2.24, 2.45) is 0 Å². The molecule has 7 heteroatoms. The molecule has 1 fully saturated rings. The molecule has 0 aliphatic carbocycles. The number of halogens is 3. The third-order valence-corrected chi connectivity index (χ3v) is 3.63. The van der Waals surface area contributed by atoms with Crippen LogP contribution in [-0.2, 0) is 6.18 Å². The molecule has 2 heterocycles. The molecule has 2 N–H and O–H groups in total. The van der Waals surface area contributed by atoms with Crippen molar-refractivity contribution in [1.82, 2.24) is 9.97 Å². The molecular weight excluding hydrogens is 269 g/mol. The zero-order chi connectivity index (χ0) is 14.8. The first-order valence-corrected chi connectivity index (χ1v) is 6.90. The molecule has 0 bridgehead atoms. The number of alkyl halides is 3. The van der Waals surface area contributed by atoms with Gasteiger partial charge in [-0.05, 0) is 19.3 Å². The van der Waals surface area contributed by atoms with Crippen molar-refractivity contribution >= 4 is 11.6 Å². The monoisotopic (exact) mass is 288 g/mol. The van der Waals surface area contributed by atoms with Crippen molar-refractivity contribution in [1.29, 1.82) is 0 Å². The Morgan fingerprint density at radius 3 is 2.70 bits per heavy atom. The highest BCUT2D eigenvalue weighted by Gasteiger charge is 2.36. The molecule has 0 radical (unpaired) electrons. The SMILES string of the molecule is CCC1CCCCCN1c1cc(N)nc(C(F)(F)F)n1. The van der Waals surface area contributed by atoms with Crippen LogP contribution in [0.15, 0.2) is 6.07 Å². The minimum atomic E-state index is -4.57. The summed E-state index contributed by atoms with van der Waals surface area (Å²) in [5.74, 6) is -1.01. The summed E-state index contributed by atoms with van der Waals surface area (Å²) in [6.45, 7) is 2.75. The lowest BCUT2D eigenvalue weighted by Gasteiger charge is -2.30. The van der Waals surface area contributed by atoms with Gasteiger partial charge in [0, 0.05) is 18.7 Å². The maximum Gasteiger partial charge on any atom is 0.451 e. The molecule has 1 aliphatic heterocycles. The van der Waals surface area contributed by atoms with Gasteiger partial charge in [-0.3, -0.25) is 0 Å². The van der Waals surface area contributed by atoms with Gasteiger partial charge in [0.25, 0.3) is 0 Å². The van der Waals surface area contributed by atoms with Gasteiger partial charge in [0.2, 0.25) is 5.82 Å². The number of aromatic nitrogens is 2. The van der Waals surface area contributed by atoms with Gasteiger partial charge in [-0.25, -0.2) is 9.97 Å². The fourth-order valence-corrected chi connectivity index (χ4v) is 2.63. The molecule has 2 rings (SSSR count). The fraction of sp³-hybridized carbons (Fsp3) is 0.692. The van der Waals surface area contributed by atoms with Crippen LogP contribution in [0.4, 0.5) is 24.8 Å². The standard InChI is InChI=1S/C13H19F3N4/c1-2-9-6-4-3-5-7-20(9)11-8-10(17)18-12(19-11)13(14,15)16/h8-9H,2-7H2,1H3,(H2,17,18,19). The molecule has 0 spiro atoms. The lowest BCUT2D eigenvalue weighted by Crippen LogP contribution is -2.35. The van der Waals surface area contributed by atoms with Crippen molar-refractivity contribution in [3.8, 4) is 0 Å². The summed E-state index contributed by atoms with van der Waals surface area (Å²) in [6.07, 6.45) is 0.438. The first-order chi connectivity index (χ1) is 9.41. The minimum Gasteiger partial charge on any atom is -0.384 e. The Bertz CT molecular complexity index is 461. The molecule has 4 nitrogen and oxygen atoms in total. The van der Waals surface area contributed by atoms with E-state index in [9.17, 15) is 13.2 Å². The summed E-state index contributed by atoms with van der Waals surface area (Å²) >= 11 is 0. The van der Waals surface area contributed by atoms with E-state index in [1.54, 1.807) is 0 Å². The Labute approximate surface area is 116 Å². The molecule has 0 aromatic carbocycles. The van der Waals surface area contributed by atoms with Crippen LogP contribution in [0.2, 0.25) is 0 Å². The second kappa shape index (κ2) is 5.85. The van der Waals surface area contributed by atoms with Crippen molar-refractivity contribution in [3.05, 3.63) is 11.9 Å². The highest BCUT2D eigenvalue weighted by Crippen LogP contribution is 2.31. The van der Waals surface area contributed by atoms with Crippen molar-refractivity contribution in [3.63, 3.8) is 0 Å². The summed E-state index contributed by atoms with van der Waals surface area (Å²) < 4.78 is 38.3. The lowest BCUT2D eigenvalue weighted by atomic mass is 10.1. The third-order valence-electron chi connectivity index (χ3n) is 3.63. The fourth-order valence-electron chi connectivity index (χ4n) is 2.63. The first-order valence-electron chi connectivity index (χ1n) is 6.90. The Hall–Kier alpha value is -1.53. The maximum atomic E-state index is 12.8. The normalized spacial score (nSPS) is 20.8. The van der Waals surface area contributed by atoms with E-state index in [4.69, 9.17) is 5.73 Å². The molecule has 1 atom stereocenters. The van der Waals surface area contributed by atoms with Gasteiger partial charge < -0.3 is 10.6 Å². The Morgan fingerprint density at radius 2 is 2.05 bits per heavy atom. The van der Waals surface area contributed by atoms with Crippen LogP contribution in [0.5, 0.6) is 0 Å². The summed E-state index contributed by atoms with van der Waals surface area (Å²) in [5, 5.41) is 0. The molecule has 1 aromatic heterocycles. The number of nitrogens with zero attached hydrogens (tertiary/aromatic N) is 3. The molecule has 1 saturated heterocycles. The van der Waals surface area contributed by atoms with Crippen LogP contribution in [-0.4, -0.2) is 22.6 Å². The van der Waals surface area contributed by atoms with Crippen LogP contribution >= 0.6 is 0 Å². The van der Waals surface area contributed by atoms with Crippen molar-refractivity contribution in [2.45, 2.75) is 51.2 Å². The van der Waals surface area contributed by atoms with E-state index in [-0.39, 0.29) is 11.9 Å². The number of rotatable bonds is 2. The quantitative estimate of drug-likeness (QED) is 0.907. The van der Waals surface area contributed by atoms with Crippen molar-refractivity contribution in [2.75, 3.05) is 17.2 Å². The van der Waals surface area contributed by atoms with Crippen LogP contribution in [0.25, 0.3) is 0 Å². The second-order valence-electron chi connectivity index (χ2n) is 5.08. The van der Waals surface area contributed by atoms with Crippen LogP contribution < -0.4 is 10.6 Å². The van der Waals surface area contributed by atoms with Gasteiger partial charge in [0.15, 0.2) is 0 Å². The maximum absolute atomic E-state index is 12.8. The number of nitrogen functional groups attached to an aromatic ring is 1. The molecule has 0 saturated carbocycles. The lowest BCUT2D eigenvalue weighted by molar-refractivity contribution is -0.144. The number of hydrogen-bond acceptors (Lipinski definition) is 4. The molecule has 1 unspecified atom stereocenters. The Morgan fingerprint density at radius 1 is 1.30 bits per heavy atom. The molecule has 1 aliphatic rings. The molecule has 1 aromatic rings. The number of anilines is 2. The van der Waals surface area contributed by atoms with E-state index in [2.05, 4.69) is 9.97 Å². The van der Waals surface area contributed by atoms with E-state index >= 15 is 0 Å². The Balaban J connectivity index is 2.37. The number of hydrogen-bond donors (Lipinski definition) is 1. The van der Waals surface area contributed by atoms with Gasteiger partial charge in [-0.2, -0.15) is 13.2 Å². The van der Waals surface area contributed by atoms with Gasteiger partial charge in [0.1, 0.15) is 11.6 Å². The van der Waals surface area contributed by atoms with Gasteiger partial charge in [-0.1, -0.05) is 19.8 Å². The summed E-state index contributed by atoms with van der Waals surface area (Å²) in [4.78, 5) is 8.91. The van der Waals surface area contributed by atoms with Crippen molar-refractivity contribution < 1.29 is 13.2 Å². The highest BCUT2D eigenvalue weighted by molar-refractivity contribution is 5.48. The largest absolute Gasteiger partial charge is 0.451 e. The molecular formula is C13H19F3N4. The predicted octanol–water partition coefficient (Wildman–Crippen LogP) is 3.24. The average molecular weight is 288 g/mol. The van der Waals surface area contributed by atoms with Crippen LogP contribution in [0, 0.1) is 0 Å². The van der Waals surface area contributed by atoms with E-state index in [1.807, 2.05) is 11.8 Å². The molecule has 112 valence electrons. The number of nitrogens with two attached hydrogens (primary N) is 1. The first kappa shape index (κ1) is 14.9. The van der Waals surface area contributed by atoms with E-state index in [1.165, 1.54) is 6.07 Å². The van der Waals surface area contributed by atoms with Crippen LogP contribution in [0.3, 0.4) is 0 Å². The summed E-state index contributed by atoms with van der Waals surface area (Å²) in [6, 6.07) is 1.65. The van der Waals surface area contributed by atoms with Gasteiger partial charge in [-0.15, -0.1) is 0 Å². The minimum absolute atomic E-state index is 0.138.